The van der Waals surface area contributed by atoms with Gasteiger partial charge in [-0.05, 0) is 49.9 Å². The van der Waals surface area contributed by atoms with E-state index < -0.39 is 35.3 Å². The normalized spacial score (nSPS) is 18.5. The molecular weight excluding hydrogens is 457 g/mol. The monoisotopic (exact) mass is 484 g/mol. The van der Waals surface area contributed by atoms with Crippen molar-refractivity contribution in [3.8, 4) is 0 Å². The first-order chi connectivity index (χ1) is 16.4. The number of ether oxygens (including phenoxy) is 1. The van der Waals surface area contributed by atoms with Crippen LogP contribution in [0.25, 0.3) is 10.8 Å². The molecule has 3 aromatic rings. The van der Waals surface area contributed by atoms with Crippen LogP contribution in [0.5, 0.6) is 0 Å². The largest absolute Gasteiger partial charge is 0.444 e. The SMILES string of the molecule is CC(C)(C)OC(=O)N1CC(c2ccc(C(F)(F)F)cc2)[C@@H](C(=O)Nc2cccc3ccccc23)C1. The quantitative estimate of drug-likeness (QED) is 0.465. The molecule has 1 fully saturated rings. The van der Waals surface area contributed by atoms with Crippen LogP contribution in [-0.4, -0.2) is 35.6 Å². The Balaban J connectivity index is 1.63. The highest BCUT2D eigenvalue weighted by Gasteiger charge is 2.42. The van der Waals surface area contributed by atoms with Crippen LogP contribution in [0.2, 0.25) is 0 Å². The standard InChI is InChI=1S/C27H27F3N2O3/c1-26(2,3)35-25(34)32-15-21(18-11-13-19(14-12-18)27(28,29)30)22(16-32)24(33)31-23-10-6-8-17-7-4-5-9-20(17)23/h4-14,21-22H,15-16H2,1-3H3,(H,31,33)/t21?,22-/m0/s1. The van der Waals surface area contributed by atoms with Crippen molar-refractivity contribution in [2.75, 3.05) is 18.4 Å². The maximum Gasteiger partial charge on any atom is 0.416 e. The molecular formula is C27H27F3N2O3. The summed E-state index contributed by atoms with van der Waals surface area (Å²) in [6.07, 6.45) is -5.02. The maximum absolute atomic E-state index is 13.5. The Morgan fingerprint density at radius 2 is 1.57 bits per heavy atom. The van der Waals surface area contributed by atoms with E-state index in [1.807, 2.05) is 36.4 Å². The van der Waals surface area contributed by atoms with E-state index in [2.05, 4.69) is 5.32 Å². The van der Waals surface area contributed by atoms with Gasteiger partial charge < -0.3 is 15.0 Å². The third-order valence-electron chi connectivity index (χ3n) is 6.02. The lowest BCUT2D eigenvalue weighted by Crippen LogP contribution is -2.36. The molecule has 8 heteroatoms. The Morgan fingerprint density at radius 3 is 2.23 bits per heavy atom. The van der Waals surface area contributed by atoms with Gasteiger partial charge in [0.2, 0.25) is 5.91 Å². The lowest BCUT2D eigenvalue weighted by molar-refractivity contribution is -0.137. The van der Waals surface area contributed by atoms with Gasteiger partial charge in [-0.15, -0.1) is 0 Å². The first kappa shape index (κ1) is 24.6. The number of rotatable bonds is 3. The van der Waals surface area contributed by atoms with E-state index in [0.29, 0.717) is 11.3 Å². The van der Waals surface area contributed by atoms with Crippen LogP contribution < -0.4 is 5.32 Å². The highest BCUT2D eigenvalue weighted by molar-refractivity contribution is 6.03. The minimum absolute atomic E-state index is 0.0944. The summed E-state index contributed by atoms with van der Waals surface area (Å²) in [5, 5.41) is 4.81. The van der Waals surface area contributed by atoms with Crippen LogP contribution in [0, 0.1) is 5.92 Å². The molecule has 0 aromatic heterocycles. The van der Waals surface area contributed by atoms with E-state index in [9.17, 15) is 22.8 Å². The highest BCUT2D eigenvalue weighted by Crippen LogP contribution is 2.37. The Kier molecular flexibility index (Phi) is 6.49. The number of fused-ring (bicyclic) bond motifs is 1. The van der Waals surface area contributed by atoms with Gasteiger partial charge in [0.25, 0.3) is 0 Å². The third-order valence-corrected chi connectivity index (χ3v) is 6.02. The van der Waals surface area contributed by atoms with Crippen molar-refractivity contribution >= 4 is 28.5 Å². The Labute approximate surface area is 201 Å². The van der Waals surface area contributed by atoms with Gasteiger partial charge in [0, 0.05) is 30.1 Å². The molecule has 0 spiro atoms. The first-order valence-corrected chi connectivity index (χ1v) is 11.4. The van der Waals surface area contributed by atoms with Crippen LogP contribution >= 0.6 is 0 Å². The van der Waals surface area contributed by atoms with Gasteiger partial charge in [0.1, 0.15) is 5.60 Å². The number of benzene rings is 3. The summed E-state index contributed by atoms with van der Waals surface area (Å²) in [6.45, 7) is 5.50. The molecule has 1 unspecified atom stereocenters. The van der Waals surface area contributed by atoms with Crippen molar-refractivity contribution in [1.29, 1.82) is 0 Å². The van der Waals surface area contributed by atoms with Crippen molar-refractivity contribution in [1.82, 2.24) is 4.90 Å². The lowest BCUT2D eigenvalue weighted by Gasteiger charge is -2.24. The van der Waals surface area contributed by atoms with Crippen molar-refractivity contribution in [2.45, 2.75) is 38.5 Å². The number of likely N-dealkylation sites (tertiary alicyclic amines) is 1. The Hall–Kier alpha value is -3.55. The number of anilines is 1. The van der Waals surface area contributed by atoms with E-state index in [-0.39, 0.29) is 19.0 Å². The number of nitrogens with zero attached hydrogens (tertiary/aromatic N) is 1. The van der Waals surface area contributed by atoms with Gasteiger partial charge in [-0.1, -0.05) is 48.5 Å². The minimum Gasteiger partial charge on any atom is -0.444 e. The second-order valence-electron chi connectivity index (χ2n) is 9.73. The van der Waals surface area contributed by atoms with E-state index in [4.69, 9.17) is 4.74 Å². The molecule has 2 atom stereocenters. The van der Waals surface area contributed by atoms with Crippen molar-refractivity contribution in [3.05, 3.63) is 77.9 Å². The predicted octanol–water partition coefficient (Wildman–Crippen LogP) is 6.45. The molecule has 0 radical (unpaired) electrons. The minimum atomic E-state index is -4.46. The molecule has 1 heterocycles. The van der Waals surface area contributed by atoms with Gasteiger partial charge in [0.05, 0.1) is 11.5 Å². The predicted molar refractivity (Wildman–Crippen MR) is 128 cm³/mol. The van der Waals surface area contributed by atoms with E-state index in [1.54, 1.807) is 26.8 Å². The van der Waals surface area contributed by atoms with Crippen LogP contribution in [0.4, 0.5) is 23.7 Å². The molecule has 4 rings (SSSR count). The van der Waals surface area contributed by atoms with E-state index >= 15 is 0 Å². The fourth-order valence-electron chi connectivity index (χ4n) is 4.36. The number of halogens is 3. The number of carbonyl (C=O) groups is 2. The molecule has 1 aliphatic heterocycles. The number of nitrogens with one attached hydrogen (secondary N) is 1. The zero-order chi connectivity index (χ0) is 25.4. The molecule has 0 bridgehead atoms. The number of hydrogen-bond donors (Lipinski definition) is 1. The Morgan fingerprint density at radius 1 is 0.914 bits per heavy atom. The van der Waals surface area contributed by atoms with E-state index in [1.165, 1.54) is 17.0 Å². The molecule has 2 amide bonds. The summed E-state index contributed by atoms with van der Waals surface area (Å²) in [4.78, 5) is 27.6. The lowest BCUT2D eigenvalue weighted by atomic mass is 9.87. The Bertz CT molecular complexity index is 1230. The molecule has 184 valence electrons. The van der Waals surface area contributed by atoms with Crippen LogP contribution in [0.15, 0.2) is 66.7 Å². The molecule has 1 N–H and O–H groups in total. The zero-order valence-electron chi connectivity index (χ0n) is 19.7. The van der Waals surface area contributed by atoms with Gasteiger partial charge in [-0.2, -0.15) is 13.2 Å². The van der Waals surface area contributed by atoms with Crippen molar-refractivity contribution < 1.29 is 27.5 Å². The summed E-state index contributed by atoms with van der Waals surface area (Å²) in [7, 11) is 0. The molecule has 1 saturated heterocycles. The third kappa shape index (κ3) is 5.58. The maximum atomic E-state index is 13.5. The highest BCUT2D eigenvalue weighted by atomic mass is 19.4. The summed E-state index contributed by atoms with van der Waals surface area (Å²) in [5.74, 6) is -1.46. The molecule has 0 saturated carbocycles. The summed E-state index contributed by atoms with van der Waals surface area (Å²) < 4.78 is 44.7. The van der Waals surface area contributed by atoms with Gasteiger partial charge in [0.15, 0.2) is 0 Å². The molecule has 3 aromatic carbocycles. The van der Waals surface area contributed by atoms with Gasteiger partial charge in [-0.3, -0.25) is 4.79 Å². The topological polar surface area (TPSA) is 58.6 Å². The first-order valence-electron chi connectivity index (χ1n) is 11.4. The van der Waals surface area contributed by atoms with Crippen molar-refractivity contribution in [3.63, 3.8) is 0 Å². The smallest absolute Gasteiger partial charge is 0.416 e. The average Bonchev–Trinajstić information content (AvgIpc) is 3.24. The summed E-state index contributed by atoms with van der Waals surface area (Å²) in [5.41, 5.74) is -0.290. The fraction of sp³-hybridized carbons (Fsp3) is 0.333. The number of hydrogen-bond acceptors (Lipinski definition) is 3. The molecule has 5 nitrogen and oxygen atoms in total. The second kappa shape index (κ2) is 9.24. The average molecular weight is 485 g/mol. The summed E-state index contributed by atoms with van der Waals surface area (Å²) in [6, 6.07) is 18.0. The van der Waals surface area contributed by atoms with Crippen LogP contribution in [0.3, 0.4) is 0 Å². The number of alkyl halides is 3. The van der Waals surface area contributed by atoms with Crippen molar-refractivity contribution in [2.24, 2.45) is 5.92 Å². The fourth-order valence-corrected chi connectivity index (χ4v) is 4.36. The molecule has 1 aliphatic rings. The summed E-state index contributed by atoms with van der Waals surface area (Å²) >= 11 is 0. The van der Waals surface area contributed by atoms with Crippen LogP contribution in [0.1, 0.15) is 37.8 Å². The number of amides is 2. The van der Waals surface area contributed by atoms with Gasteiger partial charge >= 0.3 is 12.3 Å². The number of carbonyl (C=O) groups excluding carboxylic acids is 2. The zero-order valence-corrected chi connectivity index (χ0v) is 19.7. The molecule has 0 aliphatic carbocycles. The van der Waals surface area contributed by atoms with Gasteiger partial charge in [-0.25, -0.2) is 4.79 Å². The second-order valence-corrected chi connectivity index (χ2v) is 9.73. The van der Waals surface area contributed by atoms with Crippen LogP contribution in [-0.2, 0) is 15.7 Å². The molecule has 35 heavy (non-hydrogen) atoms. The van der Waals surface area contributed by atoms with E-state index in [0.717, 1.165) is 22.9 Å².